The summed E-state index contributed by atoms with van der Waals surface area (Å²) in [6.45, 7) is 6.26. The summed E-state index contributed by atoms with van der Waals surface area (Å²) in [6, 6.07) is 16.9. The fourth-order valence-corrected chi connectivity index (χ4v) is 3.39. The van der Waals surface area contributed by atoms with E-state index in [1.165, 1.54) is 0 Å². The number of carbonyl (C=O) groups excluding carboxylic acids is 2. The van der Waals surface area contributed by atoms with Gasteiger partial charge in [-0.15, -0.1) is 0 Å². The van der Waals surface area contributed by atoms with E-state index < -0.39 is 6.04 Å². The first-order valence-electron chi connectivity index (χ1n) is 9.79. The highest BCUT2D eigenvalue weighted by Gasteiger charge is 2.28. The second-order valence-corrected chi connectivity index (χ2v) is 7.59. The molecule has 4 nitrogen and oxygen atoms in total. The summed E-state index contributed by atoms with van der Waals surface area (Å²) in [4.78, 5) is 27.6. The van der Waals surface area contributed by atoms with Gasteiger partial charge >= 0.3 is 0 Å². The van der Waals surface area contributed by atoms with Crippen molar-refractivity contribution in [3.05, 3.63) is 70.7 Å². The topological polar surface area (TPSA) is 49.4 Å². The molecule has 150 valence electrons. The van der Waals surface area contributed by atoms with Crippen LogP contribution in [0.2, 0.25) is 5.02 Å². The zero-order valence-electron chi connectivity index (χ0n) is 16.8. The normalized spacial score (nSPS) is 11.9. The van der Waals surface area contributed by atoms with Crippen molar-refractivity contribution in [3.63, 3.8) is 0 Å². The zero-order valence-corrected chi connectivity index (χ0v) is 17.6. The van der Waals surface area contributed by atoms with Gasteiger partial charge in [-0.2, -0.15) is 0 Å². The SMILES string of the molecule is CCC(C(=O)NC(C)C)N(CCc1ccccc1)C(=O)Cc1ccccc1Cl. The minimum absolute atomic E-state index is 0.0243. The van der Waals surface area contributed by atoms with Gasteiger partial charge in [0.1, 0.15) is 6.04 Å². The molecular weight excluding hydrogens is 372 g/mol. The number of hydrogen-bond acceptors (Lipinski definition) is 2. The van der Waals surface area contributed by atoms with E-state index in [9.17, 15) is 9.59 Å². The van der Waals surface area contributed by atoms with E-state index in [0.29, 0.717) is 24.4 Å². The molecule has 2 rings (SSSR count). The quantitative estimate of drug-likeness (QED) is 0.683. The number of benzene rings is 2. The lowest BCUT2D eigenvalue weighted by molar-refractivity contribution is -0.140. The van der Waals surface area contributed by atoms with Crippen LogP contribution in [0.5, 0.6) is 0 Å². The van der Waals surface area contributed by atoms with Crippen LogP contribution >= 0.6 is 11.6 Å². The van der Waals surface area contributed by atoms with E-state index >= 15 is 0 Å². The molecule has 0 fully saturated rings. The Kier molecular flexibility index (Phi) is 8.52. The van der Waals surface area contributed by atoms with Gasteiger partial charge in [0.2, 0.25) is 11.8 Å². The van der Waals surface area contributed by atoms with Gasteiger partial charge in [-0.05, 0) is 43.9 Å². The van der Waals surface area contributed by atoms with Gasteiger partial charge in [-0.1, -0.05) is 67.1 Å². The van der Waals surface area contributed by atoms with Gasteiger partial charge < -0.3 is 10.2 Å². The van der Waals surface area contributed by atoms with E-state index in [0.717, 1.165) is 11.1 Å². The summed E-state index contributed by atoms with van der Waals surface area (Å²) in [6.07, 6.45) is 1.43. The first kappa shape index (κ1) is 22.0. The first-order valence-corrected chi connectivity index (χ1v) is 10.2. The first-order chi connectivity index (χ1) is 13.4. The number of carbonyl (C=O) groups is 2. The Morgan fingerprint density at radius 3 is 2.29 bits per heavy atom. The Bertz CT molecular complexity index is 777. The maximum Gasteiger partial charge on any atom is 0.242 e. The Balaban J connectivity index is 2.21. The summed E-state index contributed by atoms with van der Waals surface area (Å²) < 4.78 is 0. The predicted molar refractivity (Wildman–Crippen MR) is 114 cm³/mol. The highest BCUT2D eigenvalue weighted by molar-refractivity contribution is 6.31. The lowest BCUT2D eigenvalue weighted by Crippen LogP contribution is -2.51. The Morgan fingerprint density at radius 2 is 1.68 bits per heavy atom. The smallest absolute Gasteiger partial charge is 0.242 e. The fraction of sp³-hybridized carbons (Fsp3) is 0.391. The molecule has 0 aliphatic carbocycles. The van der Waals surface area contributed by atoms with Crippen molar-refractivity contribution >= 4 is 23.4 Å². The zero-order chi connectivity index (χ0) is 20.5. The standard InChI is InChI=1S/C23H29ClN2O2/c1-4-21(23(28)25-17(2)3)26(15-14-18-10-6-5-7-11-18)22(27)16-19-12-8-9-13-20(19)24/h5-13,17,21H,4,14-16H2,1-3H3,(H,25,28). The van der Waals surface area contributed by atoms with E-state index in [4.69, 9.17) is 11.6 Å². The fourth-order valence-electron chi connectivity index (χ4n) is 3.18. The summed E-state index contributed by atoms with van der Waals surface area (Å²) in [7, 11) is 0. The van der Waals surface area contributed by atoms with Crippen molar-refractivity contribution in [1.82, 2.24) is 10.2 Å². The highest BCUT2D eigenvalue weighted by Crippen LogP contribution is 2.18. The molecule has 0 saturated carbocycles. The van der Waals surface area contributed by atoms with Crippen LogP contribution in [0, 0.1) is 0 Å². The lowest BCUT2D eigenvalue weighted by Gasteiger charge is -2.31. The molecule has 0 spiro atoms. The third-order valence-corrected chi connectivity index (χ3v) is 4.97. The third-order valence-electron chi connectivity index (χ3n) is 4.60. The molecule has 0 aliphatic heterocycles. The molecule has 0 heterocycles. The van der Waals surface area contributed by atoms with Gasteiger partial charge in [-0.3, -0.25) is 9.59 Å². The average molecular weight is 401 g/mol. The Hall–Kier alpha value is -2.33. The molecule has 2 aromatic rings. The molecule has 0 saturated heterocycles. The van der Waals surface area contributed by atoms with Gasteiger partial charge in [0, 0.05) is 17.6 Å². The van der Waals surface area contributed by atoms with Gasteiger partial charge in [0.15, 0.2) is 0 Å². The molecule has 28 heavy (non-hydrogen) atoms. The van der Waals surface area contributed by atoms with Crippen LogP contribution in [-0.4, -0.2) is 35.3 Å². The molecule has 0 bridgehead atoms. The molecule has 1 N–H and O–H groups in total. The van der Waals surface area contributed by atoms with Gasteiger partial charge in [0.25, 0.3) is 0 Å². The number of rotatable bonds is 9. The Labute approximate surface area is 172 Å². The molecule has 0 aromatic heterocycles. The van der Waals surface area contributed by atoms with Crippen LogP contribution in [0.3, 0.4) is 0 Å². The van der Waals surface area contributed by atoms with Crippen LogP contribution < -0.4 is 5.32 Å². The number of nitrogens with zero attached hydrogens (tertiary/aromatic N) is 1. The molecule has 2 aromatic carbocycles. The minimum Gasteiger partial charge on any atom is -0.352 e. The monoisotopic (exact) mass is 400 g/mol. The van der Waals surface area contributed by atoms with Crippen LogP contribution in [-0.2, 0) is 22.4 Å². The van der Waals surface area contributed by atoms with E-state index in [1.807, 2.05) is 69.3 Å². The largest absolute Gasteiger partial charge is 0.352 e. The average Bonchev–Trinajstić information content (AvgIpc) is 2.67. The molecule has 0 radical (unpaired) electrons. The maximum atomic E-state index is 13.2. The molecule has 1 unspecified atom stereocenters. The van der Waals surface area contributed by atoms with Crippen molar-refractivity contribution in [2.24, 2.45) is 0 Å². The summed E-state index contributed by atoms with van der Waals surface area (Å²) in [5.41, 5.74) is 1.91. The Morgan fingerprint density at radius 1 is 1.04 bits per heavy atom. The van der Waals surface area contributed by atoms with Gasteiger partial charge in [0.05, 0.1) is 6.42 Å². The molecule has 5 heteroatoms. The summed E-state index contributed by atoms with van der Waals surface area (Å²) in [5, 5.41) is 3.51. The van der Waals surface area contributed by atoms with Crippen molar-refractivity contribution < 1.29 is 9.59 Å². The second-order valence-electron chi connectivity index (χ2n) is 7.18. The predicted octanol–water partition coefficient (Wildman–Crippen LogP) is 4.26. The van der Waals surface area contributed by atoms with E-state index in [-0.39, 0.29) is 24.3 Å². The van der Waals surface area contributed by atoms with Gasteiger partial charge in [-0.25, -0.2) is 0 Å². The molecule has 2 amide bonds. The third kappa shape index (κ3) is 6.38. The number of amides is 2. The molecule has 1 atom stereocenters. The van der Waals surface area contributed by atoms with Crippen molar-refractivity contribution in [3.8, 4) is 0 Å². The van der Waals surface area contributed by atoms with E-state index in [1.54, 1.807) is 11.0 Å². The van der Waals surface area contributed by atoms with Crippen LogP contribution in [0.4, 0.5) is 0 Å². The maximum absolute atomic E-state index is 13.2. The van der Waals surface area contributed by atoms with Crippen molar-refractivity contribution in [1.29, 1.82) is 0 Å². The van der Waals surface area contributed by atoms with Crippen LogP contribution in [0.1, 0.15) is 38.3 Å². The molecular formula is C23H29ClN2O2. The minimum atomic E-state index is -0.499. The van der Waals surface area contributed by atoms with Crippen LogP contribution in [0.25, 0.3) is 0 Å². The van der Waals surface area contributed by atoms with Crippen molar-refractivity contribution in [2.45, 2.75) is 52.1 Å². The number of nitrogens with one attached hydrogen (secondary N) is 1. The van der Waals surface area contributed by atoms with E-state index in [2.05, 4.69) is 5.32 Å². The highest BCUT2D eigenvalue weighted by atomic mass is 35.5. The summed E-state index contributed by atoms with van der Waals surface area (Å²) in [5.74, 6) is -0.201. The van der Waals surface area contributed by atoms with Crippen molar-refractivity contribution in [2.75, 3.05) is 6.54 Å². The number of hydrogen-bond donors (Lipinski definition) is 1. The van der Waals surface area contributed by atoms with Crippen LogP contribution in [0.15, 0.2) is 54.6 Å². The number of halogens is 1. The lowest BCUT2D eigenvalue weighted by atomic mass is 10.1. The molecule has 0 aliphatic rings. The second kappa shape index (κ2) is 10.9. The summed E-state index contributed by atoms with van der Waals surface area (Å²) >= 11 is 6.24.